The molecule has 3 aliphatic heterocycles. The molecule has 1 saturated heterocycles. The number of hydrogen-bond donors (Lipinski definition) is 3. The molecule has 0 spiro atoms. The molecule has 4 aromatic rings. The van der Waals surface area contributed by atoms with Crippen LogP contribution in [-0.2, 0) is 46.6 Å². The molecule has 282 valence electrons. The first-order valence-electron chi connectivity index (χ1n) is 16.9. The minimum atomic E-state index is -4.62. The maximum Gasteiger partial charge on any atom is 0.416 e. The Hall–Kier alpha value is -4.82. The first-order valence-corrected chi connectivity index (χ1v) is 17.3. The lowest BCUT2D eigenvalue weighted by molar-refractivity contribution is -0.137. The van der Waals surface area contributed by atoms with Crippen molar-refractivity contribution in [3.05, 3.63) is 78.6 Å². The highest BCUT2D eigenvalue weighted by Crippen LogP contribution is 2.34. The highest BCUT2D eigenvalue weighted by Gasteiger charge is 2.33. The average molecular weight is 762 g/mol. The first-order chi connectivity index (χ1) is 25.3. The number of aliphatic hydroxyl groups excluding tert-OH is 1. The van der Waals surface area contributed by atoms with Crippen LogP contribution in [0.5, 0.6) is 5.75 Å². The molecule has 0 radical (unpaired) electrons. The monoisotopic (exact) mass is 761 g/mol. The average Bonchev–Trinajstić information content (AvgIpc) is 3.61. The molecule has 3 aromatic heterocycles. The molecule has 3 N–H and O–H groups in total. The van der Waals surface area contributed by atoms with Gasteiger partial charge >= 0.3 is 6.18 Å². The molecular weight excluding hydrogens is 727 g/mol. The fraction of sp³-hybridized carbons (Fsp3) is 0.455. The lowest BCUT2D eigenvalue weighted by atomic mass is 10.1. The number of alkyl halides is 3. The lowest BCUT2D eigenvalue weighted by Gasteiger charge is -2.38. The Morgan fingerprint density at radius 2 is 1.85 bits per heavy atom. The van der Waals surface area contributed by atoms with E-state index in [-0.39, 0.29) is 79.4 Å². The summed E-state index contributed by atoms with van der Waals surface area (Å²) in [6.45, 7) is 3.61. The van der Waals surface area contributed by atoms with E-state index in [1.807, 2.05) is 11.0 Å². The number of aromatic hydroxyl groups is 1. The van der Waals surface area contributed by atoms with Gasteiger partial charge in [0.15, 0.2) is 12.1 Å². The Morgan fingerprint density at radius 3 is 2.53 bits per heavy atom. The van der Waals surface area contributed by atoms with Gasteiger partial charge in [0.05, 0.1) is 48.3 Å². The van der Waals surface area contributed by atoms with Crippen LogP contribution >= 0.6 is 11.6 Å². The Morgan fingerprint density at radius 1 is 1.08 bits per heavy atom. The first kappa shape index (κ1) is 36.5. The molecule has 6 heterocycles. The zero-order chi connectivity index (χ0) is 37.6. The quantitative estimate of drug-likeness (QED) is 0.239. The minimum Gasteiger partial charge on any atom is -0.502 e. The molecule has 0 saturated carbocycles. The Bertz CT molecular complexity index is 2230. The standard InChI is InChI=1S/C33H35ClF3N9O7/c1-2-22-26(42-7-9-43(10-8-42)29(49)25-27(48)31(51)44-11-14-53-17-23(44)39-25)30(50)46-32(40-28(41-46)18-5-12-52-13-6-18)45(22)16-24(47)38-21-4-3-19(15-20(21)34)33(35,36)37/h3-5,15,29,48-49H,2,6-14,16-17H2,1H3,(H,38,47). The van der Waals surface area contributed by atoms with E-state index in [0.29, 0.717) is 37.8 Å². The summed E-state index contributed by atoms with van der Waals surface area (Å²) in [5.41, 5.74) is -0.870. The number of anilines is 2. The third-order valence-corrected chi connectivity index (χ3v) is 9.76. The van der Waals surface area contributed by atoms with Crippen molar-refractivity contribution in [2.24, 2.45) is 0 Å². The van der Waals surface area contributed by atoms with Crippen molar-refractivity contribution < 1.29 is 37.7 Å². The maximum absolute atomic E-state index is 14.2. The van der Waals surface area contributed by atoms with Crippen molar-refractivity contribution in [2.45, 2.75) is 51.9 Å². The fourth-order valence-electron chi connectivity index (χ4n) is 6.73. The second-order valence-corrected chi connectivity index (χ2v) is 13.1. The normalized spacial score (nSPS) is 17.5. The number of ether oxygens (including phenoxy) is 2. The number of fused-ring (bicyclic) bond motifs is 2. The SMILES string of the molecule is CCc1c(N2CCN(C(O)c3nc4n(c(=O)c3O)CCOC4)CC2)c(=O)n2nc(C3=CCOCC3)nc2n1CC(=O)Nc1ccc(C(F)(F)F)cc1Cl. The van der Waals surface area contributed by atoms with Gasteiger partial charge in [-0.2, -0.15) is 22.7 Å². The molecule has 1 atom stereocenters. The molecule has 1 unspecified atom stereocenters. The van der Waals surface area contributed by atoms with Crippen molar-refractivity contribution in [1.82, 2.24) is 33.6 Å². The maximum atomic E-state index is 14.2. The summed E-state index contributed by atoms with van der Waals surface area (Å²) in [7, 11) is 0. The zero-order valence-corrected chi connectivity index (χ0v) is 29.2. The van der Waals surface area contributed by atoms with Crippen LogP contribution < -0.4 is 21.3 Å². The summed E-state index contributed by atoms with van der Waals surface area (Å²) in [5.74, 6) is -0.619. The molecular formula is C33H35ClF3N9O7. The molecule has 1 aromatic carbocycles. The fourth-order valence-corrected chi connectivity index (χ4v) is 6.96. The molecule has 0 bridgehead atoms. The number of carbonyl (C=O) groups is 1. The number of hydrogen-bond acceptors (Lipinski definition) is 12. The van der Waals surface area contributed by atoms with Gasteiger partial charge in [-0.25, -0.2) is 4.98 Å². The van der Waals surface area contributed by atoms with E-state index >= 15 is 0 Å². The number of halogens is 4. The van der Waals surface area contributed by atoms with Crippen molar-refractivity contribution >= 4 is 40.2 Å². The van der Waals surface area contributed by atoms with Crippen molar-refractivity contribution in [3.8, 4) is 5.75 Å². The van der Waals surface area contributed by atoms with E-state index in [0.717, 1.165) is 28.3 Å². The smallest absolute Gasteiger partial charge is 0.416 e. The van der Waals surface area contributed by atoms with E-state index in [2.05, 4.69) is 20.4 Å². The highest BCUT2D eigenvalue weighted by molar-refractivity contribution is 6.33. The number of nitrogens with zero attached hydrogens (tertiary/aromatic N) is 8. The van der Waals surface area contributed by atoms with Crippen LogP contribution in [0.15, 0.2) is 33.9 Å². The molecule has 16 nitrogen and oxygen atoms in total. The Kier molecular flexibility index (Phi) is 10.0. The van der Waals surface area contributed by atoms with Crippen molar-refractivity contribution in [3.63, 3.8) is 0 Å². The van der Waals surface area contributed by atoms with Gasteiger partial charge in [0.2, 0.25) is 17.4 Å². The van der Waals surface area contributed by atoms with Crippen LogP contribution in [0, 0.1) is 0 Å². The van der Waals surface area contributed by atoms with E-state index in [1.165, 1.54) is 4.57 Å². The predicted molar refractivity (Wildman–Crippen MR) is 184 cm³/mol. The zero-order valence-electron chi connectivity index (χ0n) is 28.4. The van der Waals surface area contributed by atoms with Gasteiger partial charge in [-0.15, -0.1) is 5.10 Å². The largest absolute Gasteiger partial charge is 0.502 e. The molecule has 1 fully saturated rings. The van der Waals surface area contributed by atoms with Gasteiger partial charge in [0.25, 0.3) is 11.1 Å². The van der Waals surface area contributed by atoms with Gasteiger partial charge in [0, 0.05) is 26.2 Å². The molecule has 7 rings (SSSR count). The number of benzene rings is 1. The number of aliphatic hydroxyl groups is 1. The number of rotatable bonds is 8. The van der Waals surface area contributed by atoms with Crippen LogP contribution in [-0.4, -0.2) is 95.7 Å². The van der Waals surface area contributed by atoms with Crippen LogP contribution in [0.4, 0.5) is 24.5 Å². The number of carbonyl (C=O) groups excluding carboxylic acids is 1. The van der Waals surface area contributed by atoms with Crippen molar-refractivity contribution in [2.75, 3.05) is 56.2 Å². The summed E-state index contributed by atoms with van der Waals surface area (Å²) in [6.07, 6.45) is -3.45. The molecule has 53 heavy (non-hydrogen) atoms. The summed E-state index contributed by atoms with van der Waals surface area (Å²) in [5, 5.41) is 28.7. The second kappa shape index (κ2) is 14.5. The predicted octanol–water partition coefficient (Wildman–Crippen LogP) is 2.17. The Labute approximate surface area is 303 Å². The summed E-state index contributed by atoms with van der Waals surface area (Å²) < 4.78 is 54.4. The summed E-state index contributed by atoms with van der Waals surface area (Å²) >= 11 is 6.12. The third-order valence-electron chi connectivity index (χ3n) is 9.45. The number of aromatic nitrogens is 6. The number of piperazine rings is 1. The minimum absolute atomic E-state index is 0.0288. The van der Waals surface area contributed by atoms with Crippen LogP contribution in [0.2, 0.25) is 5.02 Å². The van der Waals surface area contributed by atoms with Crippen LogP contribution in [0.3, 0.4) is 0 Å². The molecule has 20 heteroatoms. The Balaban J connectivity index is 1.20. The topological polar surface area (TPSA) is 182 Å². The van der Waals surface area contributed by atoms with E-state index in [9.17, 15) is 37.8 Å². The van der Waals surface area contributed by atoms with Gasteiger partial charge < -0.3 is 34.5 Å². The summed E-state index contributed by atoms with van der Waals surface area (Å²) in [4.78, 5) is 53.0. The van der Waals surface area contributed by atoms with E-state index in [1.54, 1.807) is 16.4 Å². The molecule has 1 amide bonds. The van der Waals surface area contributed by atoms with Crippen LogP contribution in [0.25, 0.3) is 11.4 Å². The van der Waals surface area contributed by atoms with E-state index in [4.69, 9.17) is 21.1 Å². The van der Waals surface area contributed by atoms with Gasteiger partial charge in [0.1, 0.15) is 30.4 Å². The van der Waals surface area contributed by atoms with Gasteiger partial charge in [-0.05, 0) is 36.6 Å². The lowest BCUT2D eigenvalue weighted by Crippen LogP contribution is -2.50. The molecule has 3 aliphatic rings. The van der Waals surface area contributed by atoms with Gasteiger partial charge in [-0.3, -0.25) is 23.9 Å². The number of nitrogens with one attached hydrogen (secondary N) is 1. The molecule has 0 aliphatic carbocycles. The summed E-state index contributed by atoms with van der Waals surface area (Å²) in [6, 6.07) is 2.61. The van der Waals surface area contributed by atoms with Gasteiger partial charge in [-0.1, -0.05) is 24.6 Å². The second-order valence-electron chi connectivity index (χ2n) is 12.7. The number of amides is 1. The van der Waals surface area contributed by atoms with E-state index < -0.39 is 47.3 Å². The van der Waals surface area contributed by atoms with Crippen LogP contribution in [0.1, 0.15) is 48.2 Å². The third kappa shape index (κ3) is 7.01. The van der Waals surface area contributed by atoms with Crippen molar-refractivity contribution in [1.29, 1.82) is 0 Å². The highest BCUT2D eigenvalue weighted by atomic mass is 35.5.